The lowest BCUT2D eigenvalue weighted by Gasteiger charge is -2.05. The van der Waals surface area contributed by atoms with Crippen LogP contribution in [-0.4, -0.2) is 15.9 Å². The summed E-state index contributed by atoms with van der Waals surface area (Å²) in [4.78, 5) is 18.7. The Morgan fingerprint density at radius 1 is 1.22 bits per heavy atom. The van der Waals surface area contributed by atoms with Gasteiger partial charge in [0.05, 0.1) is 11.6 Å². The number of benzene rings is 2. The molecule has 0 saturated carbocycles. The molecule has 2 heterocycles. The van der Waals surface area contributed by atoms with E-state index in [0.29, 0.717) is 11.3 Å². The van der Waals surface area contributed by atoms with E-state index in [1.807, 2.05) is 60.9 Å². The zero-order valence-corrected chi connectivity index (χ0v) is 14.7. The predicted octanol–water partition coefficient (Wildman–Crippen LogP) is 4.74. The predicted molar refractivity (Wildman–Crippen MR) is 108 cm³/mol. The van der Waals surface area contributed by atoms with Crippen molar-refractivity contribution in [1.29, 1.82) is 5.26 Å². The van der Waals surface area contributed by atoms with Gasteiger partial charge >= 0.3 is 0 Å². The van der Waals surface area contributed by atoms with Gasteiger partial charge in [0.25, 0.3) is 0 Å². The Bertz CT molecular complexity index is 1240. The van der Waals surface area contributed by atoms with Crippen LogP contribution in [0.1, 0.15) is 18.1 Å². The summed E-state index contributed by atoms with van der Waals surface area (Å²) in [6.07, 6.45) is 7.27. The minimum atomic E-state index is -0.133. The molecule has 0 atom stereocenters. The van der Waals surface area contributed by atoms with Crippen molar-refractivity contribution in [2.45, 2.75) is 6.92 Å². The third-order valence-corrected chi connectivity index (χ3v) is 4.43. The van der Waals surface area contributed by atoms with Crippen molar-refractivity contribution in [1.82, 2.24) is 9.97 Å². The van der Waals surface area contributed by atoms with E-state index in [-0.39, 0.29) is 5.91 Å². The van der Waals surface area contributed by atoms with E-state index in [9.17, 15) is 10.1 Å². The molecule has 5 heteroatoms. The third-order valence-electron chi connectivity index (χ3n) is 4.43. The van der Waals surface area contributed by atoms with Crippen LogP contribution in [-0.2, 0) is 4.79 Å². The van der Waals surface area contributed by atoms with Crippen molar-refractivity contribution in [3.63, 3.8) is 0 Å². The smallest absolute Gasteiger partial charge is 0.221 e. The van der Waals surface area contributed by atoms with E-state index in [2.05, 4.69) is 21.4 Å². The summed E-state index contributed by atoms with van der Waals surface area (Å²) in [5.41, 5.74) is 3.90. The number of allylic oxidation sites excluding steroid dienone is 1. The highest BCUT2D eigenvalue weighted by Crippen LogP contribution is 2.30. The zero-order valence-electron chi connectivity index (χ0n) is 14.7. The van der Waals surface area contributed by atoms with Crippen LogP contribution in [0.4, 0.5) is 5.69 Å². The lowest BCUT2D eigenvalue weighted by Crippen LogP contribution is -2.05. The topological polar surface area (TPSA) is 81.6 Å². The van der Waals surface area contributed by atoms with E-state index in [0.717, 1.165) is 32.8 Å². The van der Waals surface area contributed by atoms with Crippen molar-refractivity contribution in [3.8, 4) is 6.07 Å². The molecule has 2 N–H and O–H groups in total. The monoisotopic (exact) mass is 352 g/mol. The highest BCUT2D eigenvalue weighted by Gasteiger charge is 2.11. The molecule has 130 valence electrons. The number of carbonyl (C=O) groups excluding carboxylic acids is 1. The summed E-state index contributed by atoms with van der Waals surface area (Å²) in [7, 11) is 0. The second kappa shape index (κ2) is 6.77. The zero-order chi connectivity index (χ0) is 18.8. The van der Waals surface area contributed by atoms with E-state index >= 15 is 0 Å². The number of rotatable bonds is 3. The Kier molecular flexibility index (Phi) is 4.15. The summed E-state index contributed by atoms with van der Waals surface area (Å²) >= 11 is 0. The number of hydrogen-bond donors (Lipinski definition) is 2. The molecule has 5 nitrogen and oxygen atoms in total. The van der Waals surface area contributed by atoms with Gasteiger partial charge in [0.1, 0.15) is 0 Å². The molecule has 0 unspecified atom stereocenters. The maximum Gasteiger partial charge on any atom is 0.221 e. The van der Waals surface area contributed by atoms with Crippen molar-refractivity contribution in [2.24, 2.45) is 0 Å². The van der Waals surface area contributed by atoms with Gasteiger partial charge in [-0.05, 0) is 41.3 Å². The number of nitriles is 1. The molecule has 0 saturated heterocycles. The molecule has 0 spiro atoms. The van der Waals surface area contributed by atoms with Crippen molar-refractivity contribution >= 4 is 44.9 Å². The van der Waals surface area contributed by atoms with Gasteiger partial charge in [0, 0.05) is 53.1 Å². The number of amides is 1. The fraction of sp³-hybridized carbons (Fsp3) is 0.0455. The summed E-state index contributed by atoms with van der Waals surface area (Å²) in [6, 6.07) is 15.8. The van der Waals surface area contributed by atoms with Crippen LogP contribution in [0.25, 0.3) is 33.3 Å². The maximum absolute atomic E-state index is 11.3. The molecule has 4 rings (SSSR count). The van der Waals surface area contributed by atoms with Crippen LogP contribution < -0.4 is 5.32 Å². The molecule has 2 aromatic heterocycles. The van der Waals surface area contributed by atoms with E-state index in [1.54, 1.807) is 6.20 Å². The highest BCUT2D eigenvalue weighted by atomic mass is 16.1. The first-order chi connectivity index (χ1) is 13.2. The van der Waals surface area contributed by atoms with Crippen LogP contribution in [0.5, 0.6) is 0 Å². The van der Waals surface area contributed by atoms with Crippen LogP contribution >= 0.6 is 0 Å². The number of fused-ring (bicyclic) bond motifs is 2. The minimum Gasteiger partial charge on any atom is -0.361 e. The fourth-order valence-electron chi connectivity index (χ4n) is 3.22. The lowest BCUT2D eigenvalue weighted by atomic mass is 10.00. The van der Waals surface area contributed by atoms with Crippen molar-refractivity contribution < 1.29 is 4.79 Å². The normalized spacial score (nSPS) is 11.5. The van der Waals surface area contributed by atoms with E-state index in [4.69, 9.17) is 0 Å². The maximum atomic E-state index is 11.3. The number of aromatic nitrogens is 2. The summed E-state index contributed by atoms with van der Waals surface area (Å²) in [5, 5.41) is 15.5. The minimum absolute atomic E-state index is 0.133. The average Bonchev–Trinajstić information content (AvgIpc) is 3.09. The Morgan fingerprint density at radius 3 is 2.93 bits per heavy atom. The van der Waals surface area contributed by atoms with Gasteiger partial charge in [0.15, 0.2) is 0 Å². The molecule has 0 radical (unpaired) electrons. The molecule has 0 bridgehead atoms. The van der Waals surface area contributed by atoms with Gasteiger partial charge in [0.2, 0.25) is 5.91 Å². The lowest BCUT2D eigenvalue weighted by molar-refractivity contribution is -0.114. The Hall–Kier alpha value is -3.91. The van der Waals surface area contributed by atoms with Crippen LogP contribution in [0, 0.1) is 11.3 Å². The summed E-state index contributed by atoms with van der Waals surface area (Å²) < 4.78 is 0. The summed E-state index contributed by atoms with van der Waals surface area (Å²) in [5.74, 6) is -0.133. The first-order valence-electron chi connectivity index (χ1n) is 8.49. The largest absolute Gasteiger partial charge is 0.361 e. The molecule has 0 aliphatic rings. The van der Waals surface area contributed by atoms with E-state index in [1.165, 1.54) is 6.92 Å². The quantitative estimate of drug-likeness (QED) is 0.523. The number of anilines is 1. The number of nitrogens with one attached hydrogen (secondary N) is 2. The molecule has 0 aliphatic carbocycles. The average molecular weight is 352 g/mol. The van der Waals surface area contributed by atoms with Crippen molar-refractivity contribution in [3.05, 3.63) is 72.2 Å². The number of nitrogens with zero attached hydrogens (tertiary/aromatic N) is 2. The van der Waals surface area contributed by atoms with Gasteiger partial charge in [-0.15, -0.1) is 0 Å². The van der Waals surface area contributed by atoms with Crippen molar-refractivity contribution in [2.75, 3.05) is 5.32 Å². The van der Waals surface area contributed by atoms with Crippen LogP contribution in [0.2, 0.25) is 0 Å². The van der Waals surface area contributed by atoms with Gasteiger partial charge < -0.3 is 10.3 Å². The Labute approximate surface area is 156 Å². The molecule has 2 aromatic carbocycles. The number of aromatic amines is 1. The summed E-state index contributed by atoms with van der Waals surface area (Å²) in [6.45, 7) is 1.47. The molecule has 0 fully saturated rings. The SMILES string of the molecule is CC(=O)Nc1ccc2[nH]cc(C(C#N)=Cc3cccc4cnccc34)c2c1. The second-order valence-electron chi connectivity index (χ2n) is 6.26. The van der Waals surface area contributed by atoms with Gasteiger partial charge in [-0.2, -0.15) is 5.26 Å². The first-order valence-corrected chi connectivity index (χ1v) is 8.49. The molecule has 4 aromatic rings. The number of H-pyrrole nitrogens is 1. The first kappa shape index (κ1) is 16.6. The van der Waals surface area contributed by atoms with Crippen LogP contribution in [0.15, 0.2) is 61.1 Å². The molecular formula is C22H16N4O. The molecular weight excluding hydrogens is 336 g/mol. The van der Waals surface area contributed by atoms with E-state index < -0.39 is 0 Å². The Balaban J connectivity index is 1.86. The standard InChI is InChI=1S/C22H16N4O/c1-14(27)26-18-5-6-22-20(10-18)21(13-25-22)17(11-23)9-15-3-2-4-16-12-24-8-7-19(15)16/h2-10,12-13,25H,1H3,(H,26,27). The van der Waals surface area contributed by atoms with Crippen LogP contribution in [0.3, 0.4) is 0 Å². The molecule has 27 heavy (non-hydrogen) atoms. The number of hydrogen-bond acceptors (Lipinski definition) is 3. The van der Waals surface area contributed by atoms with Gasteiger partial charge in [-0.3, -0.25) is 9.78 Å². The fourth-order valence-corrected chi connectivity index (χ4v) is 3.22. The third kappa shape index (κ3) is 3.16. The number of pyridine rings is 1. The molecule has 0 aliphatic heterocycles. The molecule has 1 amide bonds. The van der Waals surface area contributed by atoms with Gasteiger partial charge in [-0.1, -0.05) is 18.2 Å². The Morgan fingerprint density at radius 2 is 2.11 bits per heavy atom. The number of carbonyl (C=O) groups is 1. The van der Waals surface area contributed by atoms with Gasteiger partial charge in [-0.25, -0.2) is 0 Å². The second-order valence-corrected chi connectivity index (χ2v) is 6.26. The highest BCUT2D eigenvalue weighted by molar-refractivity contribution is 6.05.